The van der Waals surface area contributed by atoms with Gasteiger partial charge in [0, 0.05) is 12.1 Å². The number of hydrogen-bond donors (Lipinski definition) is 2. The number of carboxylic acids is 1. The molecule has 0 fully saturated rings. The van der Waals surface area contributed by atoms with Crippen LogP contribution in [0.25, 0.3) is 11.3 Å². The molecule has 1 aromatic heterocycles. The van der Waals surface area contributed by atoms with Crippen LogP contribution in [0.5, 0.6) is 0 Å². The Balaban J connectivity index is 2.10. The van der Waals surface area contributed by atoms with Gasteiger partial charge in [-0.05, 0) is 27.2 Å². The minimum atomic E-state index is -0.870. The van der Waals surface area contributed by atoms with Crippen molar-refractivity contribution < 1.29 is 14.7 Å². The molecule has 1 aromatic carbocycles. The van der Waals surface area contributed by atoms with Crippen LogP contribution in [0.3, 0.4) is 0 Å². The fourth-order valence-electron chi connectivity index (χ4n) is 2.05. The molecule has 2 N–H and O–H groups in total. The Morgan fingerprint density at radius 1 is 1.26 bits per heavy atom. The van der Waals surface area contributed by atoms with E-state index < -0.39 is 11.4 Å². The number of hydrogen-bond acceptors (Lipinski definition) is 4. The number of thiazole rings is 1. The monoisotopic (exact) mass is 332 g/mol. The van der Waals surface area contributed by atoms with Gasteiger partial charge >= 0.3 is 5.97 Å². The van der Waals surface area contributed by atoms with Crippen LogP contribution >= 0.6 is 11.3 Å². The molecule has 0 bridgehead atoms. The zero-order valence-corrected chi connectivity index (χ0v) is 14.2. The summed E-state index contributed by atoms with van der Waals surface area (Å²) < 4.78 is 0. The van der Waals surface area contributed by atoms with Gasteiger partial charge < -0.3 is 10.4 Å². The maximum Gasteiger partial charge on any atom is 0.309 e. The van der Waals surface area contributed by atoms with E-state index in [9.17, 15) is 9.59 Å². The van der Waals surface area contributed by atoms with E-state index >= 15 is 0 Å². The first-order valence-electron chi connectivity index (χ1n) is 7.36. The largest absolute Gasteiger partial charge is 0.481 e. The van der Waals surface area contributed by atoms with Crippen LogP contribution in [-0.2, 0) is 4.79 Å². The zero-order chi connectivity index (χ0) is 17.0. The van der Waals surface area contributed by atoms with Gasteiger partial charge in [-0.3, -0.25) is 9.59 Å². The fraction of sp³-hybridized carbons (Fsp3) is 0.353. The average molecular weight is 332 g/mol. The third-order valence-electron chi connectivity index (χ3n) is 3.60. The Hall–Kier alpha value is -2.21. The van der Waals surface area contributed by atoms with Crippen molar-refractivity contribution in [1.82, 2.24) is 10.3 Å². The van der Waals surface area contributed by atoms with Crippen molar-refractivity contribution in [1.29, 1.82) is 0 Å². The van der Waals surface area contributed by atoms with E-state index in [1.54, 1.807) is 13.8 Å². The Bertz CT molecular complexity index is 708. The van der Waals surface area contributed by atoms with Crippen LogP contribution in [0, 0.1) is 12.3 Å². The molecule has 0 unspecified atom stereocenters. The number of rotatable bonds is 6. The molecule has 0 atom stereocenters. The van der Waals surface area contributed by atoms with Crippen LogP contribution in [0.1, 0.15) is 34.9 Å². The Morgan fingerprint density at radius 2 is 1.91 bits per heavy atom. The van der Waals surface area contributed by atoms with Gasteiger partial charge in [-0.15, -0.1) is 11.3 Å². The zero-order valence-electron chi connectivity index (χ0n) is 13.4. The van der Waals surface area contributed by atoms with E-state index in [0.29, 0.717) is 23.5 Å². The molecule has 23 heavy (non-hydrogen) atoms. The van der Waals surface area contributed by atoms with Gasteiger partial charge in [0.1, 0.15) is 4.88 Å². The molecule has 0 saturated carbocycles. The summed E-state index contributed by atoms with van der Waals surface area (Å²) >= 11 is 1.34. The number of aromatic nitrogens is 1. The van der Waals surface area contributed by atoms with Crippen LogP contribution in [0.2, 0.25) is 0 Å². The maximum atomic E-state index is 12.4. The van der Waals surface area contributed by atoms with Gasteiger partial charge in [0.05, 0.1) is 16.1 Å². The van der Waals surface area contributed by atoms with Crippen molar-refractivity contribution in [3.63, 3.8) is 0 Å². The molecule has 0 saturated heterocycles. The lowest BCUT2D eigenvalue weighted by molar-refractivity contribution is -0.147. The average Bonchev–Trinajstić information content (AvgIpc) is 2.90. The lowest BCUT2D eigenvalue weighted by atomic mass is 9.90. The minimum Gasteiger partial charge on any atom is -0.481 e. The smallest absolute Gasteiger partial charge is 0.309 e. The third-order valence-corrected chi connectivity index (χ3v) is 4.57. The highest BCUT2D eigenvalue weighted by molar-refractivity contribution is 7.14. The highest BCUT2D eigenvalue weighted by Crippen LogP contribution is 2.28. The fourth-order valence-corrected chi connectivity index (χ4v) is 2.91. The number of aryl methyl sites for hydroxylation is 1. The Morgan fingerprint density at radius 3 is 2.52 bits per heavy atom. The molecule has 1 amide bonds. The molecule has 122 valence electrons. The molecule has 1 heterocycles. The van der Waals surface area contributed by atoms with Crippen LogP contribution in [0.4, 0.5) is 0 Å². The summed E-state index contributed by atoms with van der Waals surface area (Å²) in [4.78, 5) is 28.5. The highest BCUT2D eigenvalue weighted by atomic mass is 32.1. The number of nitrogens with zero attached hydrogens (tertiary/aromatic N) is 1. The second-order valence-electron chi connectivity index (χ2n) is 5.97. The predicted molar refractivity (Wildman–Crippen MR) is 90.7 cm³/mol. The summed E-state index contributed by atoms with van der Waals surface area (Å²) in [7, 11) is 0. The van der Waals surface area contributed by atoms with E-state index in [2.05, 4.69) is 10.3 Å². The molecule has 6 heteroatoms. The van der Waals surface area contributed by atoms with Crippen molar-refractivity contribution >= 4 is 23.2 Å². The Labute approximate surface area is 139 Å². The lowest BCUT2D eigenvalue weighted by Crippen LogP contribution is -2.31. The SMILES string of the molecule is Cc1nc(-c2ccccc2)c(C(=O)NCCC(C)(C)C(=O)O)s1. The predicted octanol–water partition coefficient (Wildman–Crippen LogP) is 3.35. The quantitative estimate of drug-likeness (QED) is 0.850. The summed E-state index contributed by atoms with van der Waals surface area (Å²) in [6.07, 6.45) is 0.368. The molecule has 0 spiro atoms. The number of nitrogens with one attached hydrogen (secondary N) is 1. The molecule has 0 aliphatic heterocycles. The number of carboxylic acid groups (broad SMARTS) is 1. The van der Waals surface area contributed by atoms with E-state index in [1.807, 2.05) is 37.3 Å². The van der Waals surface area contributed by atoms with Crippen molar-refractivity contribution in [2.75, 3.05) is 6.54 Å². The van der Waals surface area contributed by atoms with Gasteiger partial charge in [0.25, 0.3) is 5.91 Å². The van der Waals surface area contributed by atoms with Crippen molar-refractivity contribution in [2.45, 2.75) is 27.2 Å². The van der Waals surface area contributed by atoms with E-state index in [4.69, 9.17) is 5.11 Å². The standard InChI is InChI=1S/C17H20N2O3S/c1-11-19-13(12-7-5-4-6-8-12)14(23-11)15(20)18-10-9-17(2,3)16(21)22/h4-8H,9-10H2,1-3H3,(H,18,20)(H,21,22). The van der Waals surface area contributed by atoms with E-state index in [1.165, 1.54) is 11.3 Å². The second kappa shape index (κ2) is 6.91. The molecule has 2 aromatic rings. The van der Waals surface area contributed by atoms with E-state index in [0.717, 1.165) is 10.6 Å². The van der Waals surface area contributed by atoms with Crippen LogP contribution in [0.15, 0.2) is 30.3 Å². The van der Waals surface area contributed by atoms with Gasteiger partial charge in [-0.2, -0.15) is 0 Å². The molecule has 0 aliphatic carbocycles. The number of aliphatic carboxylic acids is 1. The Kier molecular flexibility index (Phi) is 5.15. The van der Waals surface area contributed by atoms with Gasteiger partial charge in [-0.25, -0.2) is 4.98 Å². The summed E-state index contributed by atoms with van der Waals surface area (Å²) in [5.74, 6) is -1.08. The van der Waals surface area contributed by atoms with Crippen LogP contribution < -0.4 is 5.32 Å². The van der Waals surface area contributed by atoms with Crippen molar-refractivity contribution in [2.24, 2.45) is 5.41 Å². The molecule has 2 rings (SSSR count). The number of carbonyl (C=O) groups is 2. The topological polar surface area (TPSA) is 79.3 Å². The highest BCUT2D eigenvalue weighted by Gasteiger charge is 2.27. The molecular formula is C17H20N2O3S. The number of amides is 1. The summed E-state index contributed by atoms with van der Waals surface area (Å²) in [6.45, 7) is 5.46. The normalized spacial score (nSPS) is 11.3. The first kappa shape index (κ1) is 17.1. The third kappa shape index (κ3) is 4.16. The first-order valence-corrected chi connectivity index (χ1v) is 8.17. The summed E-state index contributed by atoms with van der Waals surface area (Å²) in [5.41, 5.74) is 0.704. The van der Waals surface area contributed by atoms with Gasteiger partial charge in [0.15, 0.2) is 0 Å². The molecule has 0 radical (unpaired) electrons. The van der Waals surface area contributed by atoms with Gasteiger partial charge in [0.2, 0.25) is 0 Å². The lowest BCUT2D eigenvalue weighted by Gasteiger charge is -2.18. The van der Waals surface area contributed by atoms with Crippen molar-refractivity contribution in [3.8, 4) is 11.3 Å². The summed E-state index contributed by atoms with van der Waals surface area (Å²) in [5, 5.41) is 12.7. The van der Waals surface area contributed by atoms with E-state index in [-0.39, 0.29) is 5.91 Å². The molecule has 5 nitrogen and oxygen atoms in total. The number of benzene rings is 1. The maximum absolute atomic E-state index is 12.4. The van der Waals surface area contributed by atoms with Crippen molar-refractivity contribution in [3.05, 3.63) is 40.2 Å². The van der Waals surface area contributed by atoms with Crippen LogP contribution in [-0.4, -0.2) is 28.5 Å². The van der Waals surface area contributed by atoms with Gasteiger partial charge in [-0.1, -0.05) is 30.3 Å². The summed E-state index contributed by atoms with van der Waals surface area (Å²) in [6, 6.07) is 9.55. The minimum absolute atomic E-state index is 0.212. The second-order valence-corrected chi connectivity index (χ2v) is 7.17. The first-order chi connectivity index (χ1) is 10.8. The number of carbonyl (C=O) groups excluding carboxylic acids is 1. The molecular weight excluding hydrogens is 312 g/mol. The molecule has 0 aliphatic rings.